The lowest BCUT2D eigenvalue weighted by molar-refractivity contribution is -0.0778. The molecule has 4 aromatic heterocycles. The number of nitrogens with one attached hydrogen (secondary N) is 1. The first-order valence-corrected chi connectivity index (χ1v) is 11.9. The highest BCUT2D eigenvalue weighted by Gasteiger charge is 2.33. The van der Waals surface area contributed by atoms with Crippen LogP contribution in [0.4, 0.5) is 0 Å². The predicted octanol–water partition coefficient (Wildman–Crippen LogP) is 1.70. The minimum Gasteiger partial charge on any atom is -0.389 e. The molecular formula is C23H25N5O5S. The number of aliphatic hydroxyl groups is 1. The number of pyridine rings is 1. The number of β-amino-alcohol motifs (C(OH)–C–C–N with tert-alkyl or cyclic N) is 1. The molecule has 0 radical (unpaired) electrons. The minimum absolute atomic E-state index is 0.00885. The molecule has 0 aliphatic carbocycles. The van der Waals surface area contributed by atoms with Crippen LogP contribution in [0.25, 0.3) is 21.3 Å². The molecular weight excluding hydrogens is 458 g/mol. The topological polar surface area (TPSA) is 122 Å². The lowest BCUT2D eigenvalue weighted by Gasteiger charge is -2.15. The van der Waals surface area contributed by atoms with Gasteiger partial charge in [0, 0.05) is 42.2 Å². The Morgan fingerprint density at radius 1 is 1.38 bits per heavy atom. The Hall–Kier alpha value is -3.28. The fraction of sp³-hybridized carbons (Fsp3) is 0.391. The highest BCUT2D eigenvalue weighted by molar-refractivity contribution is 7.19. The average molecular weight is 484 g/mol. The number of aliphatic hydroxyl groups excluding tert-OH is 1. The molecule has 1 saturated heterocycles. The second-order valence-electron chi connectivity index (χ2n) is 8.50. The largest absolute Gasteiger partial charge is 0.389 e. The number of carbonyl (C=O) groups is 1. The predicted molar refractivity (Wildman–Crippen MR) is 128 cm³/mol. The highest BCUT2D eigenvalue weighted by Crippen LogP contribution is 2.34. The summed E-state index contributed by atoms with van der Waals surface area (Å²) in [6, 6.07) is 3.81. The van der Waals surface area contributed by atoms with Gasteiger partial charge in [-0.05, 0) is 31.0 Å². The molecule has 178 valence electrons. The second-order valence-corrected chi connectivity index (χ2v) is 9.58. The van der Waals surface area contributed by atoms with Crippen molar-refractivity contribution < 1.29 is 14.7 Å². The summed E-state index contributed by atoms with van der Waals surface area (Å²) in [7, 11) is 1.42. The summed E-state index contributed by atoms with van der Waals surface area (Å²) in [6.07, 6.45) is 1.98. The monoisotopic (exact) mass is 483 g/mol. The molecule has 1 aliphatic rings. The maximum Gasteiger partial charge on any atom is 0.331 e. The zero-order valence-electron chi connectivity index (χ0n) is 19.1. The van der Waals surface area contributed by atoms with Gasteiger partial charge in [0.25, 0.3) is 11.5 Å². The summed E-state index contributed by atoms with van der Waals surface area (Å²) in [5, 5.41) is 12.1. The van der Waals surface area contributed by atoms with Crippen LogP contribution in [0.5, 0.6) is 0 Å². The summed E-state index contributed by atoms with van der Waals surface area (Å²) in [6.45, 7) is 4.34. The quantitative estimate of drug-likeness (QED) is 0.446. The summed E-state index contributed by atoms with van der Waals surface area (Å²) in [5.74, 6) is -0.493. The molecule has 1 fully saturated rings. The van der Waals surface area contributed by atoms with Gasteiger partial charge >= 0.3 is 5.69 Å². The molecule has 5 rings (SSSR count). The van der Waals surface area contributed by atoms with Crippen molar-refractivity contribution in [1.82, 2.24) is 24.2 Å². The summed E-state index contributed by atoms with van der Waals surface area (Å²) in [5.41, 5.74) is 1.91. The number of nitrogens with zero attached hydrogens (tertiary/aromatic N) is 4. The zero-order valence-corrected chi connectivity index (χ0v) is 19.9. The van der Waals surface area contributed by atoms with Crippen molar-refractivity contribution in [3.8, 4) is 0 Å². The Morgan fingerprint density at radius 2 is 2.18 bits per heavy atom. The van der Waals surface area contributed by atoms with Gasteiger partial charge in [0.1, 0.15) is 23.2 Å². The van der Waals surface area contributed by atoms with Crippen LogP contribution in [0.2, 0.25) is 0 Å². The van der Waals surface area contributed by atoms with E-state index in [0.717, 1.165) is 31.9 Å². The molecule has 1 unspecified atom stereocenters. The number of fused-ring (bicyclic) bond motifs is 2. The van der Waals surface area contributed by atoms with Gasteiger partial charge < -0.3 is 10.1 Å². The van der Waals surface area contributed by atoms with Gasteiger partial charge in [0.15, 0.2) is 0 Å². The van der Waals surface area contributed by atoms with Crippen molar-refractivity contribution in [1.29, 1.82) is 0 Å². The number of aryl methyl sites for hydroxylation is 2. The van der Waals surface area contributed by atoms with Crippen LogP contribution in [-0.2, 0) is 24.9 Å². The van der Waals surface area contributed by atoms with E-state index in [1.807, 2.05) is 26.0 Å². The first kappa shape index (κ1) is 22.5. The number of hydroxylamine groups is 2. The molecule has 4 aromatic rings. The molecule has 11 heteroatoms. The van der Waals surface area contributed by atoms with Crippen molar-refractivity contribution in [3.63, 3.8) is 0 Å². The molecule has 1 atom stereocenters. The number of aromatic amines is 1. The lowest BCUT2D eigenvalue weighted by atomic mass is 10.0. The third-order valence-electron chi connectivity index (χ3n) is 6.16. The smallest absolute Gasteiger partial charge is 0.331 e. The first-order chi connectivity index (χ1) is 16.3. The molecule has 2 N–H and O–H groups in total. The number of amides is 1. The first-order valence-electron chi connectivity index (χ1n) is 11.1. The number of hydrogen-bond donors (Lipinski definition) is 2. The normalized spacial score (nSPS) is 16.2. The number of rotatable bonds is 5. The van der Waals surface area contributed by atoms with E-state index in [1.165, 1.54) is 18.4 Å². The second kappa shape index (κ2) is 8.49. The van der Waals surface area contributed by atoms with E-state index in [9.17, 15) is 19.5 Å². The van der Waals surface area contributed by atoms with Gasteiger partial charge in [-0.3, -0.25) is 23.6 Å². The lowest BCUT2D eigenvalue weighted by Crippen LogP contribution is -2.38. The van der Waals surface area contributed by atoms with E-state index in [1.54, 1.807) is 10.8 Å². The van der Waals surface area contributed by atoms with Gasteiger partial charge in [-0.25, -0.2) is 14.8 Å². The van der Waals surface area contributed by atoms with Crippen LogP contribution in [-0.4, -0.2) is 54.4 Å². The van der Waals surface area contributed by atoms with Gasteiger partial charge in [0.05, 0.1) is 17.5 Å². The SMILES string of the molecule is CCCn1c(=O)n(C)c(=O)c2c(C(=O)N3CC(O)CO3)c(Cc3c(C)[nH]c4ncccc34)sc21. The molecule has 10 nitrogen and oxygen atoms in total. The van der Waals surface area contributed by atoms with E-state index in [2.05, 4.69) is 9.97 Å². The summed E-state index contributed by atoms with van der Waals surface area (Å²) < 4.78 is 2.61. The molecule has 0 aromatic carbocycles. The van der Waals surface area contributed by atoms with Crippen molar-refractivity contribution in [2.45, 2.75) is 39.3 Å². The molecule has 1 aliphatic heterocycles. The Balaban J connectivity index is 1.78. The van der Waals surface area contributed by atoms with E-state index in [0.29, 0.717) is 29.1 Å². The molecule has 0 saturated carbocycles. The number of H-pyrrole nitrogens is 1. The van der Waals surface area contributed by atoms with Crippen LogP contribution in [0, 0.1) is 6.92 Å². The van der Waals surface area contributed by atoms with Crippen LogP contribution >= 0.6 is 11.3 Å². The van der Waals surface area contributed by atoms with E-state index in [-0.39, 0.29) is 24.1 Å². The van der Waals surface area contributed by atoms with Crippen LogP contribution in [0.1, 0.15) is 39.8 Å². The Bertz CT molecular complexity index is 1550. The van der Waals surface area contributed by atoms with Gasteiger partial charge in [-0.1, -0.05) is 6.92 Å². The Labute approximate surface area is 198 Å². The fourth-order valence-corrected chi connectivity index (χ4v) is 5.79. The van der Waals surface area contributed by atoms with Crippen LogP contribution in [0.3, 0.4) is 0 Å². The van der Waals surface area contributed by atoms with Gasteiger partial charge in [-0.15, -0.1) is 11.3 Å². The summed E-state index contributed by atoms with van der Waals surface area (Å²) >= 11 is 1.28. The number of thiophene rings is 1. The van der Waals surface area contributed by atoms with Crippen LogP contribution in [0.15, 0.2) is 27.9 Å². The van der Waals surface area contributed by atoms with Crippen molar-refractivity contribution in [2.24, 2.45) is 7.05 Å². The Kier molecular flexibility index (Phi) is 5.62. The van der Waals surface area contributed by atoms with E-state index in [4.69, 9.17) is 4.84 Å². The molecule has 34 heavy (non-hydrogen) atoms. The fourth-order valence-electron chi connectivity index (χ4n) is 4.48. The maximum absolute atomic E-state index is 13.6. The molecule has 0 bridgehead atoms. The molecule has 1 amide bonds. The number of aromatic nitrogens is 4. The third kappa shape index (κ3) is 3.47. The highest BCUT2D eigenvalue weighted by atomic mass is 32.1. The Morgan fingerprint density at radius 3 is 2.88 bits per heavy atom. The van der Waals surface area contributed by atoms with Crippen molar-refractivity contribution in [3.05, 3.63) is 60.9 Å². The van der Waals surface area contributed by atoms with Crippen molar-refractivity contribution >= 4 is 38.5 Å². The van der Waals surface area contributed by atoms with E-state index < -0.39 is 23.3 Å². The van der Waals surface area contributed by atoms with Gasteiger partial charge in [-0.2, -0.15) is 0 Å². The standard InChI is InChI=1S/C23H25N5O5S/c1-4-8-27-22-18(20(30)26(3)23(27)32)17(21(31)28-10-13(29)11-33-28)16(34-22)9-15-12(2)25-19-14(15)6-5-7-24-19/h5-7,13,29H,4,8-11H2,1-3H3,(H,24,25). The van der Waals surface area contributed by atoms with Gasteiger partial charge in [0.2, 0.25) is 0 Å². The molecule has 0 spiro atoms. The average Bonchev–Trinajstić information content (AvgIpc) is 3.51. The zero-order chi connectivity index (χ0) is 24.1. The van der Waals surface area contributed by atoms with Crippen molar-refractivity contribution in [2.75, 3.05) is 13.2 Å². The number of carbonyl (C=O) groups excluding carboxylic acids is 1. The van der Waals surface area contributed by atoms with Crippen LogP contribution < -0.4 is 11.2 Å². The molecule has 5 heterocycles. The van der Waals surface area contributed by atoms with E-state index >= 15 is 0 Å². The maximum atomic E-state index is 13.6. The summed E-state index contributed by atoms with van der Waals surface area (Å²) in [4.78, 5) is 54.0. The number of hydrogen-bond acceptors (Lipinski definition) is 7. The minimum atomic E-state index is -0.791. The third-order valence-corrected chi connectivity index (χ3v) is 7.37.